The quantitative estimate of drug-likeness (QED) is 0.297. The van der Waals surface area contributed by atoms with Crippen molar-refractivity contribution in [3.63, 3.8) is 0 Å². The molecule has 6 rings (SSSR count). The van der Waals surface area contributed by atoms with Crippen molar-refractivity contribution in [2.75, 3.05) is 0 Å². The Balaban J connectivity index is 1.73. The van der Waals surface area contributed by atoms with Gasteiger partial charge in [0, 0.05) is 36.1 Å². The van der Waals surface area contributed by atoms with Gasteiger partial charge in [0.15, 0.2) is 12.0 Å². The second kappa shape index (κ2) is 8.00. The molecule has 4 aromatic carbocycles. The van der Waals surface area contributed by atoms with Crippen LogP contribution in [0.15, 0.2) is 102 Å². The topological polar surface area (TPSA) is 15.2 Å². The van der Waals surface area contributed by atoms with Gasteiger partial charge in [0.25, 0.3) is 0 Å². The minimum atomic E-state index is -0.870. The Morgan fingerprint density at radius 2 is 1.32 bits per heavy atom. The summed E-state index contributed by atoms with van der Waals surface area (Å²) in [5, 5.41) is -0.870. The predicted octanol–water partition coefficient (Wildman–Crippen LogP) is 7.03. The Hall–Kier alpha value is -3.63. The number of ether oxygens (including phenoxy) is 1. The SMILES string of the molecule is CC1=[N+](c2ccccc2)C2(Oc3c(C)cccc31)Sc1c(C)cccc1C=[N+]2c1ccccc1. The van der Waals surface area contributed by atoms with Crippen molar-refractivity contribution in [3.05, 3.63) is 119 Å². The lowest BCUT2D eigenvalue weighted by molar-refractivity contribution is -0.772. The molecule has 4 heteroatoms. The van der Waals surface area contributed by atoms with Crippen LogP contribution >= 0.6 is 11.8 Å². The van der Waals surface area contributed by atoms with Crippen LogP contribution in [0.5, 0.6) is 5.75 Å². The lowest BCUT2D eigenvalue weighted by Gasteiger charge is -2.33. The molecule has 2 aliphatic rings. The number of hydrogen-bond donors (Lipinski definition) is 0. The van der Waals surface area contributed by atoms with Crippen molar-refractivity contribution in [1.29, 1.82) is 0 Å². The van der Waals surface area contributed by atoms with Gasteiger partial charge in [-0.2, -0.15) is 0 Å². The molecule has 0 aliphatic carbocycles. The maximum absolute atomic E-state index is 7.17. The van der Waals surface area contributed by atoms with E-state index >= 15 is 0 Å². The van der Waals surface area contributed by atoms with Crippen LogP contribution < -0.4 is 4.74 Å². The summed E-state index contributed by atoms with van der Waals surface area (Å²) in [6.07, 6.45) is 2.24. The van der Waals surface area contributed by atoms with Crippen LogP contribution in [-0.2, 0) is 0 Å². The van der Waals surface area contributed by atoms with Gasteiger partial charge in [0.1, 0.15) is 0 Å². The smallest absolute Gasteiger partial charge is 0.367 e. The zero-order valence-corrected chi connectivity index (χ0v) is 20.3. The first-order chi connectivity index (χ1) is 16.6. The number of aryl methyl sites for hydroxylation is 2. The van der Waals surface area contributed by atoms with E-state index in [0.717, 1.165) is 34.0 Å². The molecule has 0 radical (unpaired) electrons. The Morgan fingerprint density at radius 1 is 0.676 bits per heavy atom. The highest BCUT2D eigenvalue weighted by Gasteiger charge is 2.65. The van der Waals surface area contributed by atoms with Crippen molar-refractivity contribution >= 4 is 35.1 Å². The third kappa shape index (κ3) is 3.13. The van der Waals surface area contributed by atoms with Crippen LogP contribution in [0.25, 0.3) is 0 Å². The highest BCUT2D eigenvalue weighted by Crippen LogP contribution is 2.50. The number of fused-ring (bicyclic) bond motifs is 2. The first-order valence-electron chi connectivity index (χ1n) is 11.5. The standard InChI is InChI=1S/C30H26N2OS/c1-21-12-11-19-27-23(3)32(26-17-8-5-9-18-26)30(33-28(21)27)31(25-15-6-4-7-16-25)20-24-14-10-13-22(2)29(24)34-30/h4-20H,1-3H3/q+2. The van der Waals surface area contributed by atoms with E-state index in [-0.39, 0.29) is 0 Å². The molecule has 0 N–H and O–H groups in total. The van der Waals surface area contributed by atoms with E-state index in [1.165, 1.54) is 16.0 Å². The van der Waals surface area contributed by atoms with Crippen molar-refractivity contribution < 1.29 is 13.9 Å². The van der Waals surface area contributed by atoms with Gasteiger partial charge in [-0.3, -0.25) is 0 Å². The lowest BCUT2D eigenvalue weighted by atomic mass is 10.0. The molecular formula is C30H26N2OS+2. The second-order valence-corrected chi connectivity index (χ2v) is 9.93. The van der Waals surface area contributed by atoms with Gasteiger partial charge in [-0.25, -0.2) is 0 Å². The number of para-hydroxylation sites is 3. The van der Waals surface area contributed by atoms with Crippen LogP contribution in [0, 0.1) is 13.8 Å². The van der Waals surface area contributed by atoms with Crippen molar-refractivity contribution in [2.24, 2.45) is 0 Å². The summed E-state index contributed by atoms with van der Waals surface area (Å²) in [7, 11) is 0. The predicted molar refractivity (Wildman–Crippen MR) is 139 cm³/mol. The van der Waals surface area contributed by atoms with Crippen LogP contribution in [0.3, 0.4) is 0 Å². The van der Waals surface area contributed by atoms with Gasteiger partial charge >= 0.3 is 5.18 Å². The maximum atomic E-state index is 7.17. The molecule has 34 heavy (non-hydrogen) atoms. The van der Waals surface area contributed by atoms with Crippen LogP contribution in [0.2, 0.25) is 0 Å². The highest BCUT2D eigenvalue weighted by molar-refractivity contribution is 8.00. The molecule has 4 aromatic rings. The first kappa shape index (κ1) is 20.9. The molecule has 0 bridgehead atoms. The molecule has 0 aromatic heterocycles. The van der Waals surface area contributed by atoms with Gasteiger partial charge in [0.05, 0.1) is 22.9 Å². The van der Waals surface area contributed by atoms with Crippen LogP contribution in [0.1, 0.15) is 29.2 Å². The van der Waals surface area contributed by atoms with E-state index in [0.29, 0.717) is 0 Å². The van der Waals surface area contributed by atoms with Gasteiger partial charge in [-0.15, -0.1) is 0 Å². The highest BCUT2D eigenvalue weighted by atomic mass is 32.2. The van der Waals surface area contributed by atoms with Crippen LogP contribution in [-0.4, -0.2) is 26.3 Å². The monoisotopic (exact) mass is 462 g/mol. The molecule has 0 saturated carbocycles. The summed E-state index contributed by atoms with van der Waals surface area (Å²) in [6, 6.07) is 33.9. The van der Waals surface area contributed by atoms with Crippen LogP contribution in [0.4, 0.5) is 11.4 Å². The van der Waals surface area contributed by atoms with Gasteiger partial charge in [-0.05, 0) is 37.1 Å². The number of nitrogens with zero attached hydrogens (tertiary/aromatic N) is 2. The zero-order valence-electron chi connectivity index (χ0n) is 19.5. The average Bonchev–Trinajstić information content (AvgIpc) is 2.86. The maximum Gasteiger partial charge on any atom is 0.584 e. The minimum Gasteiger partial charge on any atom is -0.367 e. The summed E-state index contributed by atoms with van der Waals surface area (Å²) in [4.78, 5) is 1.24. The van der Waals surface area contributed by atoms with E-state index in [9.17, 15) is 0 Å². The first-order valence-corrected chi connectivity index (χ1v) is 12.4. The second-order valence-electron chi connectivity index (χ2n) is 8.79. The van der Waals surface area contributed by atoms with E-state index in [1.807, 2.05) is 0 Å². The Bertz CT molecular complexity index is 1470. The van der Waals surface area contributed by atoms with E-state index in [4.69, 9.17) is 4.74 Å². The summed E-state index contributed by atoms with van der Waals surface area (Å²) in [6.45, 7) is 6.50. The van der Waals surface area contributed by atoms with E-state index in [1.54, 1.807) is 11.8 Å². The van der Waals surface area contributed by atoms with Gasteiger partial charge in [0.2, 0.25) is 17.1 Å². The molecule has 166 valence electrons. The Morgan fingerprint density at radius 3 is 2.06 bits per heavy atom. The van der Waals surface area contributed by atoms with E-state index < -0.39 is 5.18 Å². The van der Waals surface area contributed by atoms with E-state index in [2.05, 4.69) is 133 Å². The summed E-state index contributed by atoms with van der Waals surface area (Å²) < 4.78 is 11.8. The number of hydrogen-bond acceptors (Lipinski definition) is 2. The molecule has 0 fully saturated rings. The molecule has 0 amide bonds. The Labute approximate surface area is 204 Å². The van der Waals surface area contributed by atoms with Crippen molar-refractivity contribution in [3.8, 4) is 5.75 Å². The lowest BCUT2D eigenvalue weighted by Crippen LogP contribution is -2.56. The fourth-order valence-electron chi connectivity index (χ4n) is 4.89. The fraction of sp³-hybridized carbons (Fsp3) is 0.133. The number of benzene rings is 4. The normalized spacial score (nSPS) is 18.7. The molecule has 0 saturated heterocycles. The minimum absolute atomic E-state index is 0.870. The molecule has 2 heterocycles. The van der Waals surface area contributed by atoms with Gasteiger partial charge in [-0.1, -0.05) is 69.8 Å². The average molecular weight is 463 g/mol. The third-order valence-corrected chi connectivity index (χ3v) is 8.04. The van der Waals surface area contributed by atoms with Gasteiger partial charge < -0.3 is 4.74 Å². The zero-order chi connectivity index (χ0) is 23.3. The molecule has 1 unspecified atom stereocenters. The number of thioether (sulfide) groups is 1. The van der Waals surface area contributed by atoms with Crippen molar-refractivity contribution in [1.82, 2.24) is 0 Å². The molecule has 3 nitrogen and oxygen atoms in total. The third-order valence-electron chi connectivity index (χ3n) is 6.55. The fourth-order valence-corrected chi connectivity index (χ4v) is 6.33. The molecular weight excluding hydrogens is 436 g/mol. The van der Waals surface area contributed by atoms with Crippen molar-refractivity contribution in [2.45, 2.75) is 30.8 Å². The summed E-state index contributed by atoms with van der Waals surface area (Å²) in [5.41, 5.74) is 8.03. The molecule has 2 aliphatic heterocycles. The Kier molecular flexibility index (Phi) is 4.93. The molecule has 1 spiro atoms. The molecule has 1 atom stereocenters. The summed E-state index contributed by atoms with van der Waals surface area (Å²) >= 11 is 1.77. The summed E-state index contributed by atoms with van der Waals surface area (Å²) in [5.74, 6) is 0.936. The number of rotatable bonds is 2. The largest absolute Gasteiger partial charge is 0.584 e.